The van der Waals surface area contributed by atoms with Crippen LogP contribution < -0.4 is 19.7 Å². The predicted octanol–water partition coefficient (Wildman–Crippen LogP) is 1.97. The molecule has 0 aliphatic heterocycles. The molecule has 1 N–H and O–H groups in total. The van der Waals surface area contributed by atoms with Gasteiger partial charge in [0.25, 0.3) is 0 Å². The number of rotatable bonds is 11. The van der Waals surface area contributed by atoms with Gasteiger partial charge in [0.1, 0.15) is 0 Å². The van der Waals surface area contributed by atoms with Gasteiger partial charge in [-0.15, -0.1) is 0 Å². The first-order valence-electron chi connectivity index (χ1n) is 9.51. The van der Waals surface area contributed by atoms with Crippen LogP contribution in [0.15, 0.2) is 53.4 Å². The zero-order valence-corrected chi connectivity index (χ0v) is 18.6. The Labute approximate surface area is 178 Å². The number of hydrogen-bond donors (Lipinski definition) is 1. The molecule has 0 heterocycles. The van der Waals surface area contributed by atoms with Crippen molar-refractivity contribution < 1.29 is 22.7 Å². The molecule has 0 aliphatic carbocycles. The van der Waals surface area contributed by atoms with E-state index in [4.69, 9.17) is 9.47 Å². The van der Waals surface area contributed by atoms with Gasteiger partial charge < -0.3 is 19.7 Å². The zero-order chi connectivity index (χ0) is 22.1. The van der Waals surface area contributed by atoms with E-state index in [2.05, 4.69) is 10.2 Å². The SMILES string of the molecule is COc1ccc(S(=O)(=O)N(C)CC(=O)NCCCN(C)c2ccccc2)cc1OC. The maximum absolute atomic E-state index is 12.8. The second kappa shape index (κ2) is 10.8. The summed E-state index contributed by atoms with van der Waals surface area (Å²) in [4.78, 5) is 14.3. The van der Waals surface area contributed by atoms with Crippen molar-refractivity contribution in [1.82, 2.24) is 9.62 Å². The van der Waals surface area contributed by atoms with Crippen LogP contribution in [0.5, 0.6) is 11.5 Å². The summed E-state index contributed by atoms with van der Waals surface area (Å²) < 4.78 is 36.8. The maximum atomic E-state index is 12.8. The summed E-state index contributed by atoms with van der Waals surface area (Å²) in [6, 6.07) is 14.3. The van der Waals surface area contributed by atoms with Gasteiger partial charge in [-0.05, 0) is 30.7 Å². The summed E-state index contributed by atoms with van der Waals surface area (Å²) in [5.41, 5.74) is 1.10. The van der Waals surface area contributed by atoms with Crippen molar-refractivity contribution >= 4 is 21.6 Å². The Kier molecular flexibility index (Phi) is 8.49. The lowest BCUT2D eigenvalue weighted by Gasteiger charge is -2.20. The lowest BCUT2D eigenvalue weighted by molar-refractivity contribution is -0.121. The number of methoxy groups -OCH3 is 2. The number of para-hydroxylation sites is 1. The van der Waals surface area contributed by atoms with Gasteiger partial charge >= 0.3 is 0 Å². The van der Waals surface area contributed by atoms with Crippen LogP contribution in [0.3, 0.4) is 0 Å². The number of ether oxygens (including phenoxy) is 2. The normalized spacial score (nSPS) is 11.2. The monoisotopic (exact) mass is 435 g/mol. The third-order valence-corrected chi connectivity index (χ3v) is 6.42. The molecule has 30 heavy (non-hydrogen) atoms. The van der Waals surface area contributed by atoms with E-state index in [1.165, 1.54) is 39.5 Å². The summed E-state index contributed by atoms with van der Waals surface area (Å²) in [6.07, 6.45) is 0.739. The van der Waals surface area contributed by atoms with Crippen LogP contribution in [0.2, 0.25) is 0 Å². The molecular formula is C21H29N3O5S. The lowest BCUT2D eigenvalue weighted by atomic mass is 10.3. The van der Waals surface area contributed by atoms with E-state index in [1.54, 1.807) is 0 Å². The summed E-state index contributed by atoms with van der Waals surface area (Å²) in [5.74, 6) is 0.375. The number of nitrogens with one attached hydrogen (secondary N) is 1. The van der Waals surface area contributed by atoms with Crippen LogP contribution in [-0.2, 0) is 14.8 Å². The number of nitrogens with zero attached hydrogens (tertiary/aromatic N) is 2. The molecule has 2 aromatic rings. The Morgan fingerprint density at radius 3 is 2.30 bits per heavy atom. The van der Waals surface area contributed by atoms with Crippen molar-refractivity contribution in [2.45, 2.75) is 11.3 Å². The molecular weight excluding hydrogens is 406 g/mol. The molecule has 0 saturated heterocycles. The highest BCUT2D eigenvalue weighted by Crippen LogP contribution is 2.30. The first kappa shape index (κ1) is 23.5. The number of amides is 1. The third-order valence-electron chi connectivity index (χ3n) is 4.62. The summed E-state index contributed by atoms with van der Waals surface area (Å²) in [5, 5.41) is 2.77. The van der Waals surface area contributed by atoms with E-state index < -0.39 is 10.0 Å². The van der Waals surface area contributed by atoms with E-state index in [1.807, 2.05) is 37.4 Å². The molecule has 0 aliphatic rings. The summed E-state index contributed by atoms with van der Waals surface area (Å²) in [6.45, 7) is 0.954. The molecule has 164 valence electrons. The zero-order valence-electron chi connectivity index (χ0n) is 17.8. The molecule has 2 aromatic carbocycles. The number of benzene rings is 2. The molecule has 0 fully saturated rings. The minimum absolute atomic E-state index is 0.0277. The van der Waals surface area contributed by atoms with Crippen molar-refractivity contribution in [2.75, 3.05) is 52.8 Å². The van der Waals surface area contributed by atoms with Gasteiger partial charge in [0.05, 0.1) is 25.7 Å². The van der Waals surface area contributed by atoms with Gasteiger partial charge in [-0.3, -0.25) is 4.79 Å². The Morgan fingerprint density at radius 2 is 1.67 bits per heavy atom. The van der Waals surface area contributed by atoms with Crippen molar-refractivity contribution in [1.29, 1.82) is 0 Å². The average Bonchev–Trinajstić information content (AvgIpc) is 2.76. The van der Waals surface area contributed by atoms with Gasteiger partial charge in [0.15, 0.2) is 11.5 Å². The van der Waals surface area contributed by atoms with Gasteiger partial charge in [-0.25, -0.2) is 8.42 Å². The first-order chi connectivity index (χ1) is 14.3. The third kappa shape index (κ3) is 6.11. The molecule has 1 amide bonds. The molecule has 8 nitrogen and oxygen atoms in total. The van der Waals surface area contributed by atoms with Crippen LogP contribution in [0.4, 0.5) is 5.69 Å². The second-order valence-electron chi connectivity index (χ2n) is 6.74. The molecule has 0 radical (unpaired) electrons. The maximum Gasteiger partial charge on any atom is 0.243 e. The number of carbonyl (C=O) groups excluding carboxylic acids is 1. The van der Waals surface area contributed by atoms with Crippen LogP contribution in [-0.4, -0.2) is 66.6 Å². The Bertz CT molecular complexity index is 935. The highest BCUT2D eigenvalue weighted by molar-refractivity contribution is 7.89. The number of likely N-dealkylation sites (N-methyl/N-ethyl adjacent to an activating group) is 1. The summed E-state index contributed by atoms with van der Waals surface area (Å²) in [7, 11) is 2.42. The van der Waals surface area contributed by atoms with Crippen LogP contribution >= 0.6 is 0 Å². The van der Waals surface area contributed by atoms with E-state index in [0.29, 0.717) is 18.0 Å². The minimum Gasteiger partial charge on any atom is -0.493 e. The fraction of sp³-hybridized carbons (Fsp3) is 0.381. The first-order valence-corrected chi connectivity index (χ1v) is 10.9. The highest BCUT2D eigenvalue weighted by Gasteiger charge is 2.24. The molecule has 0 saturated carbocycles. The number of carbonyl (C=O) groups is 1. The van der Waals surface area contributed by atoms with Crippen LogP contribution in [0, 0.1) is 0 Å². The summed E-state index contributed by atoms with van der Waals surface area (Å²) >= 11 is 0. The largest absolute Gasteiger partial charge is 0.493 e. The van der Waals surface area contributed by atoms with Crippen molar-refractivity contribution in [3.8, 4) is 11.5 Å². The molecule has 0 bridgehead atoms. The smallest absolute Gasteiger partial charge is 0.243 e. The number of anilines is 1. The average molecular weight is 436 g/mol. The Morgan fingerprint density at radius 1 is 1.00 bits per heavy atom. The van der Waals surface area contributed by atoms with Gasteiger partial charge in [0.2, 0.25) is 15.9 Å². The van der Waals surface area contributed by atoms with E-state index in [-0.39, 0.29) is 17.3 Å². The van der Waals surface area contributed by atoms with E-state index >= 15 is 0 Å². The molecule has 0 spiro atoms. The molecule has 9 heteroatoms. The molecule has 2 rings (SSSR count). The highest BCUT2D eigenvalue weighted by atomic mass is 32.2. The number of hydrogen-bond acceptors (Lipinski definition) is 6. The Hall–Kier alpha value is -2.78. The van der Waals surface area contributed by atoms with Crippen LogP contribution in [0.25, 0.3) is 0 Å². The Balaban J connectivity index is 1.85. The standard InChI is InChI=1S/C21H29N3O5S/c1-23(17-9-6-5-7-10-17)14-8-13-22-21(25)16-24(2)30(26,27)18-11-12-19(28-3)20(15-18)29-4/h5-7,9-12,15H,8,13-14,16H2,1-4H3,(H,22,25). The van der Waals surface area contributed by atoms with Gasteiger partial charge in [-0.1, -0.05) is 18.2 Å². The van der Waals surface area contributed by atoms with Gasteiger partial charge in [0, 0.05) is 38.9 Å². The minimum atomic E-state index is -3.84. The molecule has 0 unspecified atom stereocenters. The second-order valence-corrected chi connectivity index (χ2v) is 8.78. The van der Waals surface area contributed by atoms with Crippen molar-refractivity contribution in [2.24, 2.45) is 0 Å². The van der Waals surface area contributed by atoms with Crippen LogP contribution in [0.1, 0.15) is 6.42 Å². The van der Waals surface area contributed by atoms with Gasteiger partial charge in [-0.2, -0.15) is 4.31 Å². The van der Waals surface area contributed by atoms with E-state index in [9.17, 15) is 13.2 Å². The van der Waals surface area contributed by atoms with Crippen molar-refractivity contribution in [3.63, 3.8) is 0 Å². The lowest BCUT2D eigenvalue weighted by Crippen LogP contribution is -2.39. The fourth-order valence-electron chi connectivity index (χ4n) is 2.86. The van der Waals surface area contributed by atoms with Crippen molar-refractivity contribution in [3.05, 3.63) is 48.5 Å². The molecule has 0 atom stereocenters. The van der Waals surface area contributed by atoms with E-state index in [0.717, 1.165) is 23.0 Å². The fourth-order valence-corrected chi connectivity index (χ4v) is 4.00. The molecule has 0 aromatic heterocycles. The topological polar surface area (TPSA) is 88.2 Å². The quantitative estimate of drug-likeness (QED) is 0.543. The predicted molar refractivity (Wildman–Crippen MR) is 117 cm³/mol. The number of sulfonamides is 1.